The first-order chi connectivity index (χ1) is 11.8. The number of aromatic hydroxyl groups is 1. The molecule has 0 saturated heterocycles. The lowest BCUT2D eigenvalue weighted by molar-refractivity contribution is -0.188. The lowest BCUT2D eigenvalue weighted by Crippen LogP contribution is -2.41. The number of hydrogen-bond donors (Lipinski definition) is 1. The van der Waals surface area contributed by atoms with Gasteiger partial charge in [-0.15, -0.1) is 0 Å². The smallest absolute Gasteiger partial charge is 0.430 e. The van der Waals surface area contributed by atoms with Gasteiger partial charge in [0.05, 0.1) is 5.57 Å². The Morgan fingerprint density at radius 2 is 2.00 bits per heavy atom. The largest absolute Gasteiger partial charge is 0.508 e. The van der Waals surface area contributed by atoms with Crippen LogP contribution in [0.2, 0.25) is 0 Å². The van der Waals surface area contributed by atoms with Gasteiger partial charge in [0.25, 0.3) is 0 Å². The molecule has 0 radical (unpaired) electrons. The van der Waals surface area contributed by atoms with Crippen LogP contribution in [0.1, 0.15) is 43.7 Å². The molecule has 0 bridgehead atoms. The molecule has 1 fully saturated rings. The number of benzene rings is 1. The lowest BCUT2D eigenvalue weighted by atomic mass is 9.98. The van der Waals surface area contributed by atoms with E-state index in [4.69, 9.17) is 9.47 Å². The summed E-state index contributed by atoms with van der Waals surface area (Å²) < 4.78 is 50.4. The highest BCUT2D eigenvalue weighted by molar-refractivity contribution is 5.96. The first-order valence-corrected chi connectivity index (χ1v) is 8.31. The quantitative estimate of drug-likeness (QED) is 0.827. The number of ether oxygens (including phenoxy) is 2. The van der Waals surface area contributed by atoms with E-state index >= 15 is 0 Å². The number of alkyl halides is 3. The number of esters is 1. The molecule has 0 amide bonds. The predicted octanol–water partition coefficient (Wildman–Crippen LogP) is 4.15. The highest BCUT2D eigenvalue weighted by Crippen LogP contribution is 2.40. The number of aryl methyl sites for hydroxylation is 1. The number of halogens is 3. The Kier molecular flexibility index (Phi) is 4.67. The molecule has 4 nitrogen and oxygen atoms in total. The van der Waals surface area contributed by atoms with Crippen LogP contribution in [0.3, 0.4) is 0 Å². The summed E-state index contributed by atoms with van der Waals surface area (Å²) in [5, 5.41) is 9.85. The zero-order valence-electron chi connectivity index (χ0n) is 13.7. The fourth-order valence-electron chi connectivity index (χ4n) is 3.20. The molecule has 1 aliphatic carbocycles. The van der Waals surface area contributed by atoms with Crippen molar-refractivity contribution in [3.8, 4) is 11.5 Å². The molecule has 1 aliphatic heterocycles. The van der Waals surface area contributed by atoms with E-state index in [0.29, 0.717) is 30.4 Å². The molecule has 25 heavy (non-hydrogen) atoms. The van der Waals surface area contributed by atoms with E-state index in [1.54, 1.807) is 0 Å². The lowest BCUT2D eigenvalue weighted by Gasteiger charge is -2.29. The first kappa shape index (κ1) is 17.6. The molecule has 3 rings (SSSR count). The molecule has 1 aromatic rings. The van der Waals surface area contributed by atoms with Crippen LogP contribution >= 0.6 is 0 Å². The van der Waals surface area contributed by atoms with Gasteiger partial charge in [-0.05, 0) is 49.8 Å². The van der Waals surface area contributed by atoms with Gasteiger partial charge < -0.3 is 14.6 Å². The maximum Gasteiger partial charge on any atom is 0.430 e. The summed E-state index contributed by atoms with van der Waals surface area (Å²) in [6, 6.07) is 2.68. The third-order valence-electron chi connectivity index (χ3n) is 4.54. The topological polar surface area (TPSA) is 55.8 Å². The van der Waals surface area contributed by atoms with Gasteiger partial charge >= 0.3 is 12.1 Å². The van der Waals surface area contributed by atoms with Gasteiger partial charge in [0.1, 0.15) is 17.6 Å². The molecule has 7 heteroatoms. The molecule has 1 unspecified atom stereocenters. The van der Waals surface area contributed by atoms with E-state index in [0.717, 1.165) is 25.0 Å². The van der Waals surface area contributed by atoms with Crippen molar-refractivity contribution in [1.29, 1.82) is 0 Å². The number of rotatable bonds is 3. The van der Waals surface area contributed by atoms with E-state index in [1.165, 1.54) is 6.07 Å². The van der Waals surface area contributed by atoms with Crippen LogP contribution in [0.5, 0.6) is 11.5 Å². The van der Waals surface area contributed by atoms with E-state index in [2.05, 4.69) is 0 Å². The zero-order valence-corrected chi connectivity index (χ0v) is 13.7. The van der Waals surface area contributed by atoms with Gasteiger partial charge in [0.15, 0.2) is 0 Å². The van der Waals surface area contributed by atoms with Gasteiger partial charge in [-0.1, -0.05) is 6.92 Å². The minimum atomic E-state index is -4.77. The van der Waals surface area contributed by atoms with Gasteiger partial charge in [-0.25, -0.2) is 4.79 Å². The van der Waals surface area contributed by atoms with Gasteiger partial charge in [-0.2, -0.15) is 13.2 Å². The van der Waals surface area contributed by atoms with Crippen LogP contribution in [0.15, 0.2) is 17.7 Å². The fourth-order valence-corrected chi connectivity index (χ4v) is 3.20. The van der Waals surface area contributed by atoms with Crippen LogP contribution < -0.4 is 4.74 Å². The van der Waals surface area contributed by atoms with E-state index in [-0.39, 0.29) is 17.6 Å². The molecule has 136 valence electrons. The summed E-state index contributed by atoms with van der Waals surface area (Å²) in [5.74, 6) is -1.23. The number of hydrogen-bond acceptors (Lipinski definition) is 4. The average molecular weight is 356 g/mol. The molecule has 1 aromatic carbocycles. The van der Waals surface area contributed by atoms with Crippen molar-refractivity contribution in [2.75, 3.05) is 0 Å². The highest BCUT2D eigenvalue weighted by atomic mass is 19.4. The molecule has 1 heterocycles. The van der Waals surface area contributed by atoms with E-state index in [1.807, 2.05) is 6.92 Å². The van der Waals surface area contributed by atoms with Gasteiger partial charge in [0, 0.05) is 11.6 Å². The van der Waals surface area contributed by atoms with Crippen molar-refractivity contribution in [2.24, 2.45) is 0 Å². The SMILES string of the molecule is CCc1cc2c(cc1O)OC(C(F)(F)F)C(C(=O)OC1CCCC1)=C2. The zero-order chi connectivity index (χ0) is 18.2. The molecule has 0 aromatic heterocycles. The van der Waals surface area contributed by atoms with Crippen LogP contribution in [0.4, 0.5) is 13.2 Å². The second-order valence-corrected chi connectivity index (χ2v) is 6.32. The number of phenols is 1. The Bertz CT molecular complexity index is 703. The first-order valence-electron chi connectivity index (χ1n) is 8.31. The standard InChI is InChI=1S/C18H19F3O4/c1-2-10-7-11-8-13(17(23)24-12-5-3-4-6-12)16(18(19,20)21)25-15(11)9-14(10)22/h7-9,12,16,22H,2-6H2,1H3. The van der Waals surface area contributed by atoms with Crippen molar-refractivity contribution < 1.29 is 32.5 Å². The Morgan fingerprint density at radius 3 is 2.60 bits per heavy atom. The van der Waals surface area contributed by atoms with Crippen LogP contribution in [-0.2, 0) is 16.0 Å². The van der Waals surface area contributed by atoms with Crippen LogP contribution in [-0.4, -0.2) is 29.5 Å². The minimum absolute atomic E-state index is 0.102. The van der Waals surface area contributed by atoms with Gasteiger partial charge in [0.2, 0.25) is 6.10 Å². The van der Waals surface area contributed by atoms with E-state index in [9.17, 15) is 23.1 Å². The predicted molar refractivity (Wildman–Crippen MR) is 84.3 cm³/mol. The van der Waals surface area contributed by atoms with Crippen molar-refractivity contribution >= 4 is 12.0 Å². The highest BCUT2D eigenvalue weighted by Gasteiger charge is 2.49. The maximum atomic E-state index is 13.4. The number of phenolic OH excluding ortho intramolecular Hbond substituents is 1. The Balaban J connectivity index is 1.97. The summed E-state index contributed by atoms with van der Waals surface area (Å²) in [4.78, 5) is 12.3. The van der Waals surface area contributed by atoms with Crippen molar-refractivity contribution in [1.82, 2.24) is 0 Å². The Morgan fingerprint density at radius 1 is 1.32 bits per heavy atom. The monoisotopic (exact) mass is 356 g/mol. The fraction of sp³-hybridized carbons (Fsp3) is 0.500. The molecule has 2 aliphatic rings. The minimum Gasteiger partial charge on any atom is -0.508 e. The second kappa shape index (κ2) is 6.61. The second-order valence-electron chi connectivity index (χ2n) is 6.32. The maximum absolute atomic E-state index is 13.4. The van der Waals surface area contributed by atoms with Crippen LogP contribution in [0, 0.1) is 0 Å². The van der Waals surface area contributed by atoms with Crippen molar-refractivity contribution in [3.05, 3.63) is 28.8 Å². The average Bonchev–Trinajstić information content (AvgIpc) is 3.05. The summed E-state index contributed by atoms with van der Waals surface area (Å²) in [6.45, 7) is 1.81. The Hall–Kier alpha value is -2.18. The summed E-state index contributed by atoms with van der Waals surface area (Å²) >= 11 is 0. The molecular weight excluding hydrogens is 337 g/mol. The Labute approximate surface area is 143 Å². The third-order valence-corrected chi connectivity index (χ3v) is 4.54. The summed E-state index contributed by atoms with van der Waals surface area (Å²) in [5.41, 5.74) is 0.334. The normalized spacial score (nSPS) is 20.6. The number of fused-ring (bicyclic) bond motifs is 1. The molecule has 1 N–H and O–H groups in total. The summed E-state index contributed by atoms with van der Waals surface area (Å²) in [7, 11) is 0. The van der Waals surface area contributed by atoms with E-state index < -0.39 is 23.8 Å². The number of carbonyl (C=O) groups excluding carboxylic acids is 1. The molecule has 1 atom stereocenters. The third kappa shape index (κ3) is 3.60. The summed E-state index contributed by atoms with van der Waals surface area (Å²) in [6.07, 6.45) is -2.71. The number of carbonyl (C=O) groups is 1. The van der Waals surface area contributed by atoms with Gasteiger partial charge in [-0.3, -0.25) is 0 Å². The molecular formula is C18H19F3O4. The van der Waals surface area contributed by atoms with Crippen LogP contribution in [0.25, 0.3) is 6.08 Å². The van der Waals surface area contributed by atoms with Crippen molar-refractivity contribution in [2.45, 2.75) is 57.4 Å². The molecule has 1 saturated carbocycles. The van der Waals surface area contributed by atoms with Crippen molar-refractivity contribution in [3.63, 3.8) is 0 Å². The molecule has 0 spiro atoms.